The van der Waals surface area contributed by atoms with Crippen LogP contribution in [-0.4, -0.2) is 42.5 Å². The smallest absolute Gasteiger partial charge is 0.414 e. The maximum absolute atomic E-state index is 12.1. The zero-order valence-corrected chi connectivity index (χ0v) is 12.8. The monoisotopic (exact) mass is 319 g/mol. The molecule has 0 unspecified atom stereocenters. The molecule has 0 aromatic heterocycles. The predicted molar refractivity (Wildman–Crippen MR) is 85.6 cm³/mol. The van der Waals surface area contributed by atoms with E-state index in [2.05, 4.69) is 10.6 Å². The summed E-state index contributed by atoms with van der Waals surface area (Å²) in [6.07, 6.45) is 2.40. The minimum absolute atomic E-state index is 0.0927. The van der Waals surface area contributed by atoms with Gasteiger partial charge in [-0.3, -0.25) is 4.90 Å². The number of cyclic esters (lactones) is 1. The van der Waals surface area contributed by atoms with Gasteiger partial charge in [-0.1, -0.05) is 6.07 Å². The Kier molecular flexibility index (Phi) is 4.66. The number of nitrogens with zero attached hydrogens (tertiary/aromatic N) is 1. The van der Waals surface area contributed by atoms with Crippen LogP contribution in [0.1, 0.15) is 25.7 Å². The fourth-order valence-corrected chi connectivity index (χ4v) is 2.95. The quantitative estimate of drug-likeness (QED) is 0.795. The van der Waals surface area contributed by atoms with Crippen molar-refractivity contribution < 1.29 is 19.4 Å². The van der Waals surface area contributed by atoms with Crippen molar-refractivity contribution in [2.24, 2.45) is 0 Å². The zero-order valence-electron chi connectivity index (χ0n) is 12.8. The number of nitrogens with one attached hydrogen (secondary N) is 2. The second-order valence-electron chi connectivity index (χ2n) is 5.92. The van der Waals surface area contributed by atoms with Crippen molar-refractivity contribution in [3.8, 4) is 0 Å². The van der Waals surface area contributed by atoms with Gasteiger partial charge in [0, 0.05) is 17.4 Å². The lowest BCUT2D eigenvalue weighted by Crippen LogP contribution is -2.40. The van der Waals surface area contributed by atoms with Gasteiger partial charge in [0.25, 0.3) is 0 Å². The molecular formula is C16H21N3O4. The summed E-state index contributed by atoms with van der Waals surface area (Å²) in [5.74, 6) is 0. The van der Waals surface area contributed by atoms with Gasteiger partial charge in [0.05, 0.1) is 12.6 Å². The molecular weight excluding hydrogens is 298 g/mol. The molecule has 1 aromatic rings. The molecule has 2 fully saturated rings. The summed E-state index contributed by atoms with van der Waals surface area (Å²) < 4.78 is 4.92. The topological polar surface area (TPSA) is 90.9 Å². The standard InChI is InChI=1S/C16H21N3O4/c20-14-6-4-11(5-7-14)17-15(21)18-12-2-1-3-13(10-12)19-8-9-23-16(19)22/h1-3,10-11,14,20H,4-9H2,(H2,17,18,21). The molecule has 1 saturated heterocycles. The van der Waals surface area contributed by atoms with E-state index >= 15 is 0 Å². The number of rotatable bonds is 3. The Bertz CT molecular complexity index is 584. The molecule has 124 valence electrons. The maximum atomic E-state index is 12.1. The fraction of sp³-hybridized carbons (Fsp3) is 0.500. The van der Waals surface area contributed by atoms with Gasteiger partial charge in [0.15, 0.2) is 0 Å². The van der Waals surface area contributed by atoms with Crippen LogP contribution in [0.4, 0.5) is 21.0 Å². The number of benzene rings is 1. The first kappa shape index (κ1) is 15.6. The molecule has 2 aliphatic rings. The van der Waals surface area contributed by atoms with Crippen LogP contribution >= 0.6 is 0 Å². The Hall–Kier alpha value is -2.28. The highest BCUT2D eigenvalue weighted by Gasteiger charge is 2.24. The van der Waals surface area contributed by atoms with Crippen molar-refractivity contribution >= 4 is 23.5 Å². The molecule has 1 aromatic carbocycles. The lowest BCUT2D eigenvalue weighted by atomic mass is 9.93. The predicted octanol–water partition coefficient (Wildman–Crippen LogP) is 2.07. The van der Waals surface area contributed by atoms with Crippen LogP contribution < -0.4 is 15.5 Å². The molecule has 0 bridgehead atoms. The molecule has 3 amide bonds. The molecule has 7 heteroatoms. The van der Waals surface area contributed by atoms with Crippen molar-refractivity contribution in [2.75, 3.05) is 23.4 Å². The van der Waals surface area contributed by atoms with Gasteiger partial charge in [-0.15, -0.1) is 0 Å². The summed E-state index contributed by atoms with van der Waals surface area (Å²) >= 11 is 0. The van der Waals surface area contributed by atoms with Gasteiger partial charge >= 0.3 is 12.1 Å². The third kappa shape index (κ3) is 3.92. The lowest BCUT2D eigenvalue weighted by molar-refractivity contribution is 0.118. The van der Waals surface area contributed by atoms with E-state index in [1.807, 2.05) is 0 Å². The molecule has 3 rings (SSSR count). The van der Waals surface area contributed by atoms with Gasteiger partial charge in [-0.05, 0) is 43.9 Å². The minimum Gasteiger partial charge on any atom is -0.447 e. The van der Waals surface area contributed by atoms with Gasteiger partial charge in [-0.25, -0.2) is 9.59 Å². The van der Waals surface area contributed by atoms with E-state index in [4.69, 9.17) is 4.74 Å². The number of hydrogen-bond acceptors (Lipinski definition) is 4. The molecule has 1 saturated carbocycles. The molecule has 23 heavy (non-hydrogen) atoms. The third-order valence-electron chi connectivity index (χ3n) is 4.21. The summed E-state index contributed by atoms with van der Waals surface area (Å²) in [6.45, 7) is 0.892. The molecule has 0 spiro atoms. The van der Waals surface area contributed by atoms with Crippen molar-refractivity contribution in [3.63, 3.8) is 0 Å². The van der Waals surface area contributed by atoms with E-state index in [0.717, 1.165) is 25.7 Å². The van der Waals surface area contributed by atoms with Crippen molar-refractivity contribution in [2.45, 2.75) is 37.8 Å². The van der Waals surface area contributed by atoms with Gasteiger partial charge in [0.1, 0.15) is 6.61 Å². The maximum Gasteiger partial charge on any atom is 0.414 e. The van der Waals surface area contributed by atoms with E-state index in [9.17, 15) is 14.7 Å². The first-order chi connectivity index (χ1) is 11.1. The number of carbonyl (C=O) groups is 2. The summed E-state index contributed by atoms with van der Waals surface area (Å²) in [4.78, 5) is 25.2. The van der Waals surface area contributed by atoms with Crippen LogP contribution in [0.2, 0.25) is 0 Å². The second kappa shape index (κ2) is 6.87. The summed E-state index contributed by atoms with van der Waals surface area (Å²) in [5.41, 5.74) is 1.32. The fourth-order valence-electron chi connectivity index (χ4n) is 2.95. The minimum atomic E-state index is -0.368. The molecule has 0 atom stereocenters. The van der Waals surface area contributed by atoms with Gasteiger partial charge in [0.2, 0.25) is 0 Å². The number of amides is 3. The highest BCUT2D eigenvalue weighted by atomic mass is 16.6. The van der Waals surface area contributed by atoms with Crippen LogP contribution in [0.5, 0.6) is 0 Å². The lowest BCUT2D eigenvalue weighted by Gasteiger charge is -2.26. The molecule has 1 aliphatic heterocycles. The van der Waals surface area contributed by atoms with Crippen molar-refractivity contribution in [3.05, 3.63) is 24.3 Å². The summed E-state index contributed by atoms with van der Waals surface area (Å²) in [6, 6.07) is 6.93. The van der Waals surface area contributed by atoms with Gasteiger partial charge < -0.3 is 20.5 Å². The Labute approximate surface area is 134 Å². The Morgan fingerprint density at radius 3 is 2.74 bits per heavy atom. The van der Waals surface area contributed by atoms with Gasteiger partial charge in [-0.2, -0.15) is 0 Å². The average Bonchev–Trinajstić information content (AvgIpc) is 2.96. The van der Waals surface area contributed by atoms with Crippen LogP contribution in [-0.2, 0) is 4.74 Å². The first-order valence-corrected chi connectivity index (χ1v) is 7.92. The summed E-state index contributed by atoms with van der Waals surface area (Å²) in [7, 11) is 0. The number of aliphatic hydroxyl groups is 1. The molecule has 7 nitrogen and oxygen atoms in total. The Balaban J connectivity index is 1.57. The number of carbonyl (C=O) groups excluding carboxylic acids is 2. The number of ether oxygens (including phenoxy) is 1. The van der Waals surface area contributed by atoms with E-state index in [0.29, 0.717) is 24.5 Å². The van der Waals surface area contributed by atoms with Crippen LogP contribution in [0.15, 0.2) is 24.3 Å². The second-order valence-corrected chi connectivity index (χ2v) is 5.92. The van der Waals surface area contributed by atoms with Crippen molar-refractivity contribution in [1.82, 2.24) is 5.32 Å². The van der Waals surface area contributed by atoms with E-state index < -0.39 is 0 Å². The third-order valence-corrected chi connectivity index (χ3v) is 4.21. The Morgan fingerprint density at radius 2 is 2.04 bits per heavy atom. The highest BCUT2D eigenvalue weighted by molar-refractivity contribution is 5.93. The van der Waals surface area contributed by atoms with Crippen LogP contribution in [0.25, 0.3) is 0 Å². The van der Waals surface area contributed by atoms with E-state index in [1.165, 1.54) is 4.90 Å². The number of anilines is 2. The van der Waals surface area contributed by atoms with E-state index in [1.54, 1.807) is 24.3 Å². The van der Waals surface area contributed by atoms with Crippen LogP contribution in [0, 0.1) is 0 Å². The highest BCUT2D eigenvalue weighted by Crippen LogP contribution is 2.23. The largest absolute Gasteiger partial charge is 0.447 e. The molecule has 0 radical (unpaired) electrons. The summed E-state index contributed by atoms with van der Waals surface area (Å²) in [5, 5.41) is 15.2. The SMILES string of the molecule is O=C(Nc1cccc(N2CCOC2=O)c1)NC1CCC(O)CC1. The normalized spacial score (nSPS) is 24.2. The molecule has 3 N–H and O–H groups in total. The zero-order chi connectivity index (χ0) is 16.2. The average molecular weight is 319 g/mol. The van der Waals surface area contributed by atoms with E-state index in [-0.39, 0.29) is 24.3 Å². The molecule has 1 aliphatic carbocycles. The molecule has 1 heterocycles. The first-order valence-electron chi connectivity index (χ1n) is 7.92. The van der Waals surface area contributed by atoms with Crippen molar-refractivity contribution in [1.29, 1.82) is 0 Å². The Morgan fingerprint density at radius 1 is 1.26 bits per heavy atom. The van der Waals surface area contributed by atoms with Crippen LogP contribution in [0.3, 0.4) is 0 Å². The number of hydrogen-bond donors (Lipinski definition) is 3. The number of urea groups is 1. The number of aliphatic hydroxyl groups excluding tert-OH is 1.